The number of carbonyl (C=O) groups excluding carboxylic acids is 1. The van der Waals surface area contributed by atoms with Gasteiger partial charge in [-0.15, -0.1) is 11.3 Å². The van der Waals surface area contributed by atoms with E-state index in [9.17, 15) is 4.79 Å². The van der Waals surface area contributed by atoms with E-state index in [0.717, 1.165) is 29.8 Å². The molecule has 132 valence electrons. The number of pyridine rings is 1. The first kappa shape index (κ1) is 17.8. The molecule has 0 saturated carbocycles. The smallest absolute Gasteiger partial charge is 0.267 e. The molecule has 0 fully saturated rings. The summed E-state index contributed by atoms with van der Waals surface area (Å²) in [6.45, 7) is 2.69. The van der Waals surface area contributed by atoms with Crippen LogP contribution < -0.4 is 11.1 Å². The number of allylic oxidation sites excluding steroid dienone is 1. The molecule has 0 saturated heterocycles. The zero-order chi connectivity index (χ0) is 18.4. The van der Waals surface area contributed by atoms with Crippen LogP contribution in [0.4, 0.5) is 11.4 Å². The fourth-order valence-corrected chi connectivity index (χ4v) is 3.03. The van der Waals surface area contributed by atoms with Gasteiger partial charge >= 0.3 is 0 Å². The number of carbonyl (C=O) groups is 1. The second-order valence-corrected chi connectivity index (χ2v) is 6.53. The van der Waals surface area contributed by atoms with Crippen molar-refractivity contribution in [3.63, 3.8) is 0 Å². The van der Waals surface area contributed by atoms with Crippen molar-refractivity contribution in [1.29, 1.82) is 0 Å². The highest BCUT2D eigenvalue weighted by atomic mass is 32.1. The van der Waals surface area contributed by atoms with Crippen LogP contribution in [-0.4, -0.2) is 28.6 Å². The van der Waals surface area contributed by atoms with Crippen LogP contribution in [0.5, 0.6) is 0 Å². The van der Waals surface area contributed by atoms with E-state index in [2.05, 4.69) is 26.4 Å². The zero-order valence-corrected chi connectivity index (χ0v) is 15.2. The predicted octanol–water partition coefficient (Wildman–Crippen LogP) is 3.66. The van der Waals surface area contributed by atoms with Crippen LogP contribution in [-0.2, 0) is 0 Å². The molecule has 26 heavy (non-hydrogen) atoms. The average molecular weight is 365 g/mol. The minimum atomic E-state index is -0.278. The number of rotatable bonds is 3. The third-order valence-electron chi connectivity index (χ3n) is 3.78. The largest absolute Gasteiger partial charge is 0.397 e. The van der Waals surface area contributed by atoms with Gasteiger partial charge in [-0.1, -0.05) is 12.1 Å². The first-order valence-corrected chi connectivity index (χ1v) is 9.03. The molecule has 3 heterocycles. The van der Waals surface area contributed by atoms with E-state index >= 15 is 0 Å². The van der Waals surface area contributed by atoms with Crippen molar-refractivity contribution in [1.82, 2.24) is 9.97 Å². The predicted molar refractivity (Wildman–Crippen MR) is 107 cm³/mol. The molecule has 6 nitrogen and oxygen atoms in total. The Morgan fingerprint density at radius 2 is 2.19 bits per heavy atom. The minimum Gasteiger partial charge on any atom is -0.397 e. The second-order valence-electron chi connectivity index (χ2n) is 5.68. The quantitative estimate of drug-likeness (QED) is 0.868. The van der Waals surface area contributed by atoms with Gasteiger partial charge in [0.2, 0.25) is 0 Å². The van der Waals surface area contributed by atoms with Crippen LogP contribution in [0.2, 0.25) is 0 Å². The van der Waals surface area contributed by atoms with E-state index in [1.807, 2.05) is 19.2 Å². The monoisotopic (exact) mass is 365 g/mol. The summed E-state index contributed by atoms with van der Waals surface area (Å²) in [6, 6.07) is 7.11. The van der Waals surface area contributed by atoms with Crippen molar-refractivity contribution in [2.45, 2.75) is 13.3 Å². The van der Waals surface area contributed by atoms with Gasteiger partial charge in [0, 0.05) is 36.4 Å². The number of hydrogen-bond donors (Lipinski definition) is 2. The standard InChI is InChI=1S/C19H19N5OS/c1-13-10-22-9-7-16(13)24-19(25)18-15(20)5-2-6-17(23-12-26-18)14-4-3-8-21-11-14/h2,4-7,9-12H,3,8,20H2,1H3,(H,22,24,25). The molecule has 3 N–H and O–H groups in total. The van der Waals surface area contributed by atoms with Crippen LogP contribution in [0, 0.1) is 6.92 Å². The van der Waals surface area contributed by atoms with E-state index in [1.54, 1.807) is 36.1 Å². The van der Waals surface area contributed by atoms with Crippen LogP contribution in [0.15, 0.2) is 53.2 Å². The maximum atomic E-state index is 12.7. The lowest BCUT2D eigenvalue weighted by Crippen LogP contribution is -2.13. The lowest BCUT2D eigenvalue weighted by molar-refractivity contribution is 0.103. The van der Waals surface area contributed by atoms with Gasteiger partial charge in [0.1, 0.15) is 4.88 Å². The van der Waals surface area contributed by atoms with Crippen molar-refractivity contribution in [3.05, 3.63) is 64.4 Å². The van der Waals surface area contributed by atoms with Crippen molar-refractivity contribution in [3.8, 4) is 0 Å². The van der Waals surface area contributed by atoms with E-state index in [0.29, 0.717) is 16.3 Å². The van der Waals surface area contributed by atoms with Crippen LogP contribution in [0.25, 0.3) is 5.57 Å². The maximum absolute atomic E-state index is 12.7. The molecule has 0 spiro atoms. The van der Waals surface area contributed by atoms with E-state index in [1.165, 1.54) is 11.3 Å². The molecular formula is C19H19N5OS. The number of anilines is 2. The summed E-state index contributed by atoms with van der Waals surface area (Å²) in [4.78, 5) is 25.8. The maximum Gasteiger partial charge on any atom is 0.267 e. The van der Waals surface area contributed by atoms with Gasteiger partial charge in [-0.05, 0) is 37.1 Å². The zero-order valence-electron chi connectivity index (χ0n) is 14.3. The van der Waals surface area contributed by atoms with Gasteiger partial charge in [-0.2, -0.15) is 0 Å². The molecule has 0 unspecified atom stereocenters. The lowest BCUT2D eigenvalue weighted by Gasteiger charge is -2.07. The second kappa shape index (κ2) is 8.35. The summed E-state index contributed by atoms with van der Waals surface area (Å²) in [7, 11) is 0. The number of aliphatic imine (C=N–C) groups is 1. The third-order valence-corrected chi connectivity index (χ3v) is 4.65. The Bertz CT molecular complexity index is 931. The number of nitrogens with zero attached hydrogens (tertiary/aromatic N) is 3. The molecule has 3 rings (SSSR count). The first-order chi connectivity index (χ1) is 12.6. The fraction of sp³-hybridized carbons (Fsp3) is 0.158. The van der Waals surface area contributed by atoms with Crippen molar-refractivity contribution in [2.75, 3.05) is 17.6 Å². The topological polar surface area (TPSA) is 93.3 Å². The molecule has 2 aromatic heterocycles. The molecule has 0 bridgehead atoms. The number of amides is 1. The number of hydrogen-bond acceptors (Lipinski definition) is 6. The Labute approximate surface area is 155 Å². The molecule has 1 amide bonds. The van der Waals surface area contributed by atoms with Crippen molar-refractivity contribution < 1.29 is 4.79 Å². The summed E-state index contributed by atoms with van der Waals surface area (Å²) >= 11 is 1.19. The Balaban J connectivity index is 1.93. The molecular weight excluding hydrogens is 346 g/mol. The van der Waals surface area contributed by atoms with Crippen LogP contribution in [0.1, 0.15) is 27.3 Å². The highest BCUT2D eigenvalue weighted by molar-refractivity contribution is 7.12. The summed E-state index contributed by atoms with van der Waals surface area (Å²) in [5, 5.41) is 2.87. The highest BCUT2D eigenvalue weighted by Crippen LogP contribution is 2.19. The minimum absolute atomic E-state index is 0.278. The summed E-state index contributed by atoms with van der Waals surface area (Å²) in [5.74, 6) is -0.278. The number of nitrogen functional groups attached to an aromatic ring is 1. The lowest BCUT2D eigenvalue weighted by atomic mass is 10.1. The third kappa shape index (κ3) is 4.31. The van der Waals surface area contributed by atoms with Crippen LogP contribution in [0.3, 0.4) is 0 Å². The number of nitrogens with two attached hydrogens (primary N) is 1. The molecule has 1 aliphatic heterocycles. The number of dihydropyridines is 1. The van der Waals surface area contributed by atoms with Crippen molar-refractivity contribution in [2.24, 2.45) is 4.99 Å². The first-order valence-electron chi connectivity index (χ1n) is 8.15. The number of nitrogens with one attached hydrogen (secondary N) is 1. The van der Waals surface area contributed by atoms with E-state index in [-0.39, 0.29) is 5.91 Å². The van der Waals surface area contributed by atoms with Gasteiger partial charge in [-0.25, -0.2) is 4.98 Å². The molecule has 0 atom stereocenters. The van der Waals surface area contributed by atoms with E-state index < -0.39 is 0 Å². The molecule has 0 aliphatic carbocycles. The van der Waals surface area contributed by atoms with Gasteiger partial charge in [0.15, 0.2) is 0 Å². The van der Waals surface area contributed by atoms with Gasteiger partial charge < -0.3 is 11.1 Å². The normalized spacial score (nSPS) is 12.9. The summed E-state index contributed by atoms with van der Waals surface area (Å²) < 4.78 is 0. The number of aryl methyl sites for hydroxylation is 1. The highest BCUT2D eigenvalue weighted by Gasteiger charge is 2.11. The number of aromatic nitrogens is 2. The van der Waals surface area contributed by atoms with Gasteiger partial charge in [-0.3, -0.25) is 14.8 Å². The van der Waals surface area contributed by atoms with Crippen LogP contribution >= 0.6 is 11.3 Å². The summed E-state index contributed by atoms with van der Waals surface area (Å²) in [6.07, 6.45) is 8.14. The Kier molecular flexibility index (Phi) is 5.70. The van der Waals surface area contributed by atoms with Gasteiger partial charge in [0.05, 0.1) is 16.9 Å². The molecule has 1 aliphatic rings. The Hall–Kier alpha value is -3.06. The SMILES string of the molecule is Cc1cnccc1NC(=O)c1scnc(C2=CCCN=C2)cccc1N. The summed E-state index contributed by atoms with van der Waals surface area (Å²) in [5.41, 5.74) is 11.5. The molecule has 0 radical (unpaired) electrons. The van der Waals surface area contributed by atoms with E-state index in [4.69, 9.17) is 5.73 Å². The van der Waals surface area contributed by atoms with Gasteiger partial charge in [0.25, 0.3) is 5.91 Å². The fourth-order valence-electron chi connectivity index (χ4n) is 2.39. The van der Waals surface area contributed by atoms with Crippen molar-refractivity contribution >= 4 is 40.4 Å². The molecule has 2 aromatic rings. The Morgan fingerprint density at radius 3 is 2.96 bits per heavy atom. The molecule has 7 heteroatoms. The average Bonchev–Trinajstić information content (AvgIpc) is 2.75. The molecule has 0 aromatic carbocycles. The Morgan fingerprint density at radius 1 is 1.31 bits per heavy atom.